The average molecular weight is 529 g/mol. The smallest absolute Gasteiger partial charge is 0.247 e. The zero-order chi connectivity index (χ0) is 22.8. The van der Waals surface area contributed by atoms with Gasteiger partial charge in [0.1, 0.15) is 29.6 Å². The Morgan fingerprint density at radius 3 is 2.70 bits per heavy atom. The third-order valence-electron chi connectivity index (χ3n) is 5.45. The lowest BCUT2D eigenvalue weighted by Gasteiger charge is -2.27. The molecule has 4 aromatic rings. The molecule has 0 amide bonds. The lowest BCUT2D eigenvalue weighted by Crippen LogP contribution is -2.42. The Labute approximate surface area is 200 Å². The predicted molar refractivity (Wildman–Crippen MR) is 124 cm³/mol. The maximum atomic E-state index is 13.8. The molecule has 170 valence electrons. The minimum Gasteiger partial charge on any atom is -0.490 e. The number of furan rings is 1. The Morgan fingerprint density at radius 1 is 1.06 bits per heavy atom. The van der Waals surface area contributed by atoms with Crippen molar-refractivity contribution in [3.63, 3.8) is 0 Å². The van der Waals surface area contributed by atoms with Gasteiger partial charge < -0.3 is 9.15 Å². The van der Waals surface area contributed by atoms with Gasteiger partial charge in [0.05, 0.1) is 30.7 Å². The average Bonchev–Trinajstić information content (AvgIpc) is 3.46. The number of rotatable bonds is 6. The van der Waals surface area contributed by atoms with E-state index in [0.29, 0.717) is 24.4 Å². The summed E-state index contributed by atoms with van der Waals surface area (Å²) in [4.78, 5) is 0.143. The number of halogens is 1. The zero-order valence-electron chi connectivity index (χ0n) is 17.5. The monoisotopic (exact) mass is 528 g/mol. The minimum atomic E-state index is -3.85. The van der Waals surface area contributed by atoms with Gasteiger partial charge in [0.25, 0.3) is 0 Å². The van der Waals surface area contributed by atoms with Crippen molar-refractivity contribution in [2.24, 2.45) is 0 Å². The van der Waals surface area contributed by atoms with E-state index in [1.165, 1.54) is 4.31 Å². The summed E-state index contributed by atoms with van der Waals surface area (Å²) in [5, 5.41) is 8.36. The molecule has 0 aliphatic carbocycles. The molecule has 0 unspecified atom stereocenters. The van der Waals surface area contributed by atoms with Crippen LogP contribution in [-0.2, 0) is 29.5 Å². The van der Waals surface area contributed by atoms with Gasteiger partial charge in [-0.05, 0) is 42.3 Å². The summed E-state index contributed by atoms with van der Waals surface area (Å²) in [7, 11) is -3.85. The molecular formula is C23H21BrN4O4S. The number of hydrogen-bond acceptors (Lipinski definition) is 6. The standard InChI is InChI=1S/C23H21BrN4O4S/c24-18-8-9-23-22(12-18)32-16-20(11-17-5-2-1-3-6-17)28(33(23,29)30)14-19-13-27(26-25-19)15-21-7-4-10-31-21/h1-10,12-13,20H,11,14-16H2/t20-/m1/s1. The van der Waals surface area contributed by atoms with Crippen LogP contribution in [0.2, 0.25) is 0 Å². The highest BCUT2D eigenvalue weighted by Crippen LogP contribution is 2.35. The Balaban J connectivity index is 1.48. The van der Waals surface area contributed by atoms with Crippen LogP contribution in [0.1, 0.15) is 17.0 Å². The molecule has 1 aliphatic rings. The van der Waals surface area contributed by atoms with Crippen LogP contribution in [0.4, 0.5) is 0 Å². The summed E-state index contributed by atoms with van der Waals surface area (Å²) < 4.78 is 42.7. The van der Waals surface area contributed by atoms with Gasteiger partial charge in [0.2, 0.25) is 10.0 Å². The summed E-state index contributed by atoms with van der Waals surface area (Å²) in [5.41, 5.74) is 1.57. The maximum Gasteiger partial charge on any atom is 0.247 e. The molecule has 0 spiro atoms. The molecule has 0 N–H and O–H groups in total. The summed E-state index contributed by atoms with van der Waals surface area (Å²) in [6.45, 7) is 0.717. The quantitative estimate of drug-likeness (QED) is 0.377. The molecule has 0 saturated heterocycles. The van der Waals surface area contributed by atoms with Crippen LogP contribution in [0.3, 0.4) is 0 Å². The van der Waals surface area contributed by atoms with Crippen LogP contribution in [0.15, 0.2) is 86.9 Å². The van der Waals surface area contributed by atoms with Gasteiger partial charge in [0, 0.05) is 4.47 Å². The maximum absolute atomic E-state index is 13.8. The third-order valence-corrected chi connectivity index (χ3v) is 7.88. The Kier molecular flexibility index (Phi) is 6.05. The van der Waals surface area contributed by atoms with Crippen molar-refractivity contribution in [2.75, 3.05) is 6.61 Å². The number of aromatic nitrogens is 3. The summed E-state index contributed by atoms with van der Waals surface area (Å²) >= 11 is 3.40. The van der Waals surface area contributed by atoms with Gasteiger partial charge in [-0.15, -0.1) is 5.10 Å². The molecule has 0 radical (unpaired) electrons. The molecule has 33 heavy (non-hydrogen) atoms. The first kappa shape index (κ1) is 21.9. The fourth-order valence-corrected chi connectivity index (χ4v) is 5.91. The van der Waals surface area contributed by atoms with Crippen molar-refractivity contribution < 1.29 is 17.6 Å². The van der Waals surface area contributed by atoms with E-state index in [9.17, 15) is 8.42 Å². The van der Waals surface area contributed by atoms with E-state index in [4.69, 9.17) is 9.15 Å². The molecule has 3 heterocycles. The van der Waals surface area contributed by atoms with E-state index in [0.717, 1.165) is 15.8 Å². The highest BCUT2D eigenvalue weighted by Gasteiger charge is 2.37. The third kappa shape index (κ3) is 4.73. The number of nitrogens with zero attached hydrogens (tertiary/aromatic N) is 4. The molecule has 1 atom stereocenters. The number of hydrogen-bond donors (Lipinski definition) is 0. The highest BCUT2D eigenvalue weighted by molar-refractivity contribution is 9.10. The van der Waals surface area contributed by atoms with Gasteiger partial charge in [-0.3, -0.25) is 0 Å². The summed E-state index contributed by atoms with van der Waals surface area (Å²) in [5.74, 6) is 1.08. The molecular weight excluding hydrogens is 508 g/mol. The summed E-state index contributed by atoms with van der Waals surface area (Å²) in [6, 6.07) is 18.0. The van der Waals surface area contributed by atoms with Gasteiger partial charge in [0.15, 0.2) is 0 Å². The Morgan fingerprint density at radius 2 is 1.91 bits per heavy atom. The van der Waals surface area contributed by atoms with Gasteiger partial charge in [-0.2, -0.15) is 4.31 Å². The topological polar surface area (TPSA) is 90.5 Å². The summed E-state index contributed by atoms with van der Waals surface area (Å²) in [6.07, 6.45) is 3.85. The van der Waals surface area contributed by atoms with Crippen LogP contribution < -0.4 is 4.74 Å². The molecule has 8 nitrogen and oxygen atoms in total. The first-order chi connectivity index (χ1) is 16.0. The van der Waals surface area contributed by atoms with Crippen LogP contribution in [-0.4, -0.2) is 40.4 Å². The second kappa shape index (κ2) is 9.12. The molecule has 2 aromatic carbocycles. The number of benzene rings is 2. The Bertz CT molecular complexity index is 1340. The highest BCUT2D eigenvalue weighted by atomic mass is 79.9. The molecule has 0 saturated carbocycles. The van der Waals surface area contributed by atoms with E-state index < -0.39 is 16.1 Å². The minimum absolute atomic E-state index is 0.0802. The normalized spacial score (nSPS) is 17.8. The first-order valence-corrected chi connectivity index (χ1v) is 12.6. The number of ether oxygens (including phenoxy) is 1. The van der Waals surface area contributed by atoms with Gasteiger partial charge in [-0.1, -0.05) is 51.5 Å². The Hall–Kier alpha value is -2.95. The van der Waals surface area contributed by atoms with Crippen LogP contribution in [0, 0.1) is 0 Å². The van der Waals surface area contributed by atoms with E-state index in [2.05, 4.69) is 26.2 Å². The first-order valence-electron chi connectivity index (χ1n) is 10.4. The van der Waals surface area contributed by atoms with E-state index >= 15 is 0 Å². The van der Waals surface area contributed by atoms with Crippen molar-refractivity contribution in [1.82, 2.24) is 19.3 Å². The van der Waals surface area contributed by atoms with Gasteiger partial charge in [-0.25, -0.2) is 13.1 Å². The van der Waals surface area contributed by atoms with Gasteiger partial charge >= 0.3 is 0 Å². The predicted octanol–water partition coefficient (Wildman–Crippen LogP) is 3.88. The van der Waals surface area contributed by atoms with Crippen LogP contribution in [0.5, 0.6) is 5.75 Å². The number of fused-ring (bicyclic) bond motifs is 1. The van der Waals surface area contributed by atoms with Crippen molar-refractivity contribution >= 4 is 26.0 Å². The lowest BCUT2D eigenvalue weighted by molar-refractivity contribution is 0.206. The van der Waals surface area contributed by atoms with E-state index in [1.807, 2.05) is 36.4 Å². The number of sulfonamides is 1. The second-order valence-corrected chi connectivity index (χ2v) is 10.6. The van der Waals surface area contributed by atoms with E-state index in [1.54, 1.807) is 41.4 Å². The molecule has 5 rings (SSSR count). The SMILES string of the molecule is O=S1(=O)c2ccc(Br)cc2OC[C@@H](Cc2ccccc2)N1Cc1cn(Cc2ccco2)nn1. The molecule has 0 fully saturated rings. The van der Waals surface area contributed by atoms with Crippen LogP contribution >= 0.6 is 15.9 Å². The van der Waals surface area contributed by atoms with E-state index in [-0.39, 0.29) is 18.0 Å². The molecule has 0 bridgehead atoms. The van der Waals surface area contributed by atoms with Crippen molar-refractivity contribution in [3.8, 4) is 5.75 Å². The fourth-order valence-electron chi connectivity index (χ4n) is 3.87. The lowest BCUT2D eigenvalue weighted by atomic mass is 10.1. The zero-order valence-corrected chi connectivity index (χ0v) is 19.9. The molecule has 10 heteroatoms. The molecule has 1 aliphatic heterocycles. The van der Waals surface area contributed by atoms with Crippen LogP contribution in [0.25, 0.3) is 0 Å². The van der Waals surface area contributed by atoms with Crippen molar-refractivity contribution in [2.45, 2.75) is 30.4 Å². The largest absolute Gasteiger partial charge is 0.490 e. The van der Waals surface area contributed by atoms with Crippen molar-refractivity contribution in [3.05, 3.63) is 94.6 Å². The molecule has 2 aromatic heterocycles. The fraction of sp³-hybridized carbons (Fsp3) is 0.217. The van der Waals surface area contributed by atoms with Crippen molar-refractivity contribution in [1.29, 1.82) is 0 Å². The second-order valence-electron chi connectivity index (χ2n) is 7.78.